The topological polar surface area (TPSA) is 83.0 Å². The van der Waals surface area contributed by atoms with Crippen molar-refractivity contribution in [3.05, 3.63) is 30.2 Å². The number of aryl methyl sites for hydroxylation is 2. The molecule has 0 bridgehead atoms. The average Bonchev–Trinajstić information content (AvgIpc) is 3.43. The highest BCUT2D eigenvalue weighted by Gasteiger charge is 2.26. The first-order valence-electron chi connectivity index (χ1n) is 10.4. The third kappa shape index (κ3) is 3.47. The Labute approximate surface area is 184 Å². The number of aromatic nitrogens is 6. The quantitative estimate of drug-likeness (QED) is 0.453. The van der Waals surface area contributed by atoms with Gasteiger partial charge in [-0.15, -0.1) is 11.3 Å². The number of nitrogens with zero attached hydrogens (tertiary/aromatic N) is 7. The number of ether oxygens (including phenoxy) is 1. The minimum absolute atomic E-state index is 0.254. The standard InChI is InChI=1S/C22H25N7OS/c1-12(2)29-8-6-16(27-29)18-13(3)17-19(24-14-10-15(11-14)30-5)25-20(26-22(17)31-18)21-23-7-9-28(21)4/h6-9,12,15H,10-11H2,1-5H3. The molecule has 0 N–H and O–H groups in total. The van der Waals surface area contributed by atoms with Crippen LogP contribution < -0.4 is 0 Å². The molecule has 160 valence electrons. The lowest BCUT2D eigenvalue weighted by molar-refractivity contribution is 0.0951. The van der Waals surface area contributed by atoms with Gasteiger partial charge in [0.1, 0.15) is 10.5 Å². The Morgan fingerprint density at radius 2 is 2.03 bits per heavy atom. The predicted octanol–water partition coefficient (Wildman–Crippen LogP) is 4.73. The summed E-state index contributed by atoms with van der Waals surface area (Å²) in [6.07, 6.45) is 7.61. The summed E-state index contributed by atoms with van der Waals surface area (Å²) in [4.78, 5) is 21.1. The number of aliphatic imine (C=N–C) groups is 1. The largest absolute Gasteiger partial charge is 0.381 e. The molecular weight excluding hydrogens is 410 g/mol. The lowest BCUT2D eigenvalue weighted by Crippen LogP contribution is -2.30. The molecule has 5 rings (SSSR count). The van der Waals surface area contributed by atoms with Crippen LogP contribution in [0.5, 0.6) is 0 Å². The molecule has 0 aromatic carbocycles. The molecule has 0 atom stereocenters. The molecule has 8 nitrogen and oxygen atoms in total. The molecule has 4 aromatic heterocycles. The maximum Gasteiger partial charge on any atom is 0.199 e. The van der Waals surface area contributed by atoms with Gasteiger partial charge in [-0.2, -0.15) is 5.10 Å². The van der Waals surface area contributed by atoms with E-state index in [1.807, 2.05) is 28.7 Å². The number of hydrogen-bond acceptors (Lipinski definition) is 7. The molecule has 0 radical (unpaired) electrons. The number of fused-ring (bicyclic) bond motifs is 1. The van der Waals surface area contributed by atoms with Crippen LogP contribution >= 0.6 is 11.3 Å². The smallest absolute Gasteiger partial charge is 0.199 e. The summed E-state index contributed by atoms with van der Waals surface area (Å²) in [6, 6.07) is 2.37. The van der Waals surface area contributed by atoms with Gasteiger partial charge < -0.3 is 9.30 Å². The van der Waals surface area contributed by atoms with Crippen molar-refractivity contribution in [3.63, 3.8) is 0 Å². The monoisotopic (exact) mass is 435 g/mol. The molecule has 4 heterocycles. The summed E-state index contributed by atoms with van der Waals surface area (Å²) < 4.78 is 9.31. The van der Waals surface area contributed by atoms with Gasteiger partial charge in [0.2, 0.25) is 0 Å². The van der Waals surface area contributed by atoms with Crippen LogP contribution in [-0.4, -0.2) is 48.2 Å². The highest BCUT2D eigenvalue weighted by atomic mass is 32.1. The minimum atomic E-state index is 0.254. The molecule has 4 aromatic rings. The van der Waals surface area contributed by atoms with E-state index in [9.17, 15) is 0 Å². The lowest BCUT2D eigenvalue weighted by atomic mass is 9.93. The van der Waals surface area contributed by atoms with E-state index in [-0.39, 0.29) is 6.10 Å². The van der Waals surface area contributed by atoms with Crippen LogP contribution in [0.1, 0.15) is 38.3 Å². The number of thiophene rings is 1. The van der Waals surface area contributed by atoms with Gasteiger partial charge in [-0.05, 0) is 32.4 Å². The SMILES string of the molecule is COC1CC(=Nc2nc(-c3nccn3C)nc3sc(-c4ccn(C(C)C)n4)c(C)c23)C1. The van der Waals surface area contributed by atoms with Gasteiger partial charge in [0, 0.05) is 57.3 Å². The van der Waals surface area contributed by atoms with Crippen LogP contribution in [0, 0.1) is 6.92 Å². The molecule has 0 spiro atoms. The van der Waals surface area contributed by atoms with E-state index in [4.69, 9.17) is 24.8 Å². The third-order valence-corrected chi connectivity index (χ3v) is 6.89. The number of methoxy groups -OCH3 is 1. The molecule has 1 saturated carbocycles. The van der Waals surface area contributed by atoms with Crippen molar-refractivity contribution < 1.29 is 4.74 Å². The number of rotatable bonds is 5. The zero-order valence-electron chi connectivity index (χ0n) is 18.3. The predicted molar refractivity (Wildman–Crippen MR) is 123 cm³/mol. The van der Waals surface area contributed by atoms with Gasteiger partial charge in [-0.1, -0.05) is 0 Å². The summed E-state index contributed by atoms with van der Waals surface area (Å²) in [7, 11) is 3.69. The van der Waals surface area contributed by atoms with Crippen LogP contribution in [0.15, 0.2) is 29.6 Å². The molecule has 1 aliphatic rings. The van der Waals surface area contributed by atoms with Crippen molar-refractivity contribution in [2.45, 2.75) is 45.8 Å². The van der Waals surface area contributed by atoms with Gasteiger partial charge in [-0.3, -0.25) is 4.68 Å². The zero-order chi connectivity index (χ0) is 21.7. The van der Waals surface area contributed by atoms with E-state index in [1.165, 1.54) is 0 Å². The number of hydrogen-bond donors (Lipinski definition) is 0. The van der Waals surface area contributed by atoms with Crippen LogP contribution in [0.25, 0.3) is 32.4 Å². The highest BCUT2D eigenvalue weighted by Crippen LogP contribution is 2.41. The second kappa shape index (κ2) is 7.65. The van der Waals surface area contributed by atoms with Crippen LogP contribution in [-0.2, 0) is 11.8 Å². The van der Waals surface area contributed by atoms with Crippen LogP contribution in [0.3, 0.4) is 0 Å². The summed E-state index contributed by atoms with van der Waals surface area (Å²) in [5.41, 5.74) is 3.17. The average molecular weight is 436 g/mol. The van der Waals surface area contributed by atoms with Gasteiger partial charge >= 0.3 is 0 Å². The summed E-state index contributed by atoms with van der Waals surface area (Å²) in [6.45, 7) is 6.35. The van der Waals surface area contributed by atoms with Gasteiger partial charge in [0.05, 0.1) is 16.4 Å². The first-order chi connectivity index (χ1) is 14.9. The molecule has 1 aliphatic carbocycles. The van der Waals surface area contributed by atoms with Crippen molar-refractivity contribution in [1.82, 2.24) is 29.3 Å². The zero-order valence-corrected chi connectivity index (χ0v) is 19.1. The van der Waals surface area contributed by atoms with Crippen molar-refractivity contribution in [3.8, 4) is 22.2 Å². The van der Waals surface area contributed by atoms with E-state index in [0.717, 1.165) is 50.7 Å². The molecule has 31 heavy (non-hydrogen) atoms. The van der Waals surface area contributed by atoms with Crippen molar-refractivity contribution in [2.75, 3.05) is 7.11 Å². The van der Waals surface area contributed by atoms with Gasteiger partial charge in [0.25, 0.3) is 0 Å². The van der Waals surface area contributed by atoms with E-state index in [0.29, 0.717) is 17.7 Å². The van der Waals surface area contributed by atoms with Crippen molar-refractivity contribution >= 4 is 33.1 Å². The molecule has 0 amide bonds. The molecule has 1 fully saturated rings. The fraction of sp³-hybridized carbons (Fsp3) is 0.409. The lowest BCUT2D eigenvalue weighted by Gasteiger charge is -2.26. The van der Waals surface area contributed by atoms with Crippen molar-refractivity contribution in [1.29, 1.82) is 0 Å². The highest BCUT2D eigenvalue weighted by molar-refractivity contribution is 7.22. The van der Waals surface area contributed by atoms with E-state index in [2.05, 4.69) is 31.8 Å². The van der Waals surface area contributed by atoms with Crippen molar-refractivity contribution in [2.24, 2.45) is 12.0 Å². The fourth-order valence-corrected chi connectivity index (χ4v) is 4.88. The Kier molecular flexibility index (Phi) is 4.94. The first-order valence-corrected chi connectivity index (χ1v) is 11.2. The summed E-state index contributed by atoms with van der Waals surface area (Å²) >= 11 is 1.63. The molecule has 0 saturated heterocycles. The summed E-state index contributed by atoms with van der Waals surface area (Å²) in [5, 5.41) is 5.76. The molecule has 9 heteroatoms. The molecule has 0 unspecified atom stereocenters. The second-order valence-electron chi connectivity index (χ2n) is 8.19. The fourth-order valence-electron chi connectivity index (χ4n) is 3.74. The van der Waals surface area contributed by atoms with E-state index >= 15 is 0 Å². The maximum absolute atomic E-state index is 5.41. The normalized spacial score (nSPS) is 16.3. The molecular formula is C22H25N7OS. The first kappa shape index (κ1) is 20.0. The maximum atomic E-state index is 5.41. The minimum Gasteiger partial charge on any atom is -0.381 e. The molecule has 0 aliphatic heterocycles. The Morgan fingerprint density at radius 1 is 1.23 bits per heavy atom. The Hall–Kier alpha value is -2.91. The number of imidazole rings is 1. The summed E-state index contributed by atoms with van der Waals surface area (Å²) in [5.74, 6) is 2.02. The van der Waals surface area contributed by atoms with Crippen LogP contribution in [0.4, 0.5) is 5.82 Å². The second-order valence-corrected chi connectivity index (χ2v) is 9.19. The Morgan fingerprint density at radius 3 is 2.68 bits per heavy atom. The van der Waals surface area contributed by atoms with E-state index < -0.39 is 0 Å². The van der Waals surface area contributed by atoms with Gasteiger partial charge in [-0.25, -0.2) is 19.9 Å². The van der Waals surface area contributed by atoms with E-state index in [1.54, 1.807) is 24.6 Å². The Balaban J connectivity index is 1.68. The van der Waals surface area contributed by atoms with Gasteiger partial charge in [0.15, 0.2) is 17.5 Å². The van der Waals surface area contributed by atoms with Crippen LogP contribution in [0.2, 0.25) is 0 Å². The Bertz CT molecular complexity index is 1290. The third-order valence-electron chi connectivity index (χ3n) is 5.69.